The topological polar surface area (TPSA) is 106 Å². The number of aromatic nitrogens is 1. The molecule has 2 rings (SSSR count). The predicted molar refractivity (Wildman–Crippen MR) is 80.7 cm³/mol. The van der Waals surface area contributed by atoms with Crippen molar-refractivity contribution in [2.45, 2.75) is 6.54 Å². The number of ether oxygens (including phenoxy) is 1. The van der Waals surface area contributed by atoms with Crippen molar-refractivity contribution < 1.29 is 14.5 Å². The molecule has 22 heavy (non-hydrogen) atoms. The lowest BCUT2D eigenvalue weighted by Crippen LogP contribution is -2.11. The molecule has 1 heterocycles. The number of benzene rings is 1. The van der Waals surface area contributed by atoms with E-state index in [1.807, 2.05) is 0 Å². The first kappa shape index (κ1) is 15.2. The largest absolute Gasteiger partial charge is 0.453 e. The van der Waals surface area contributed by atoms with Crippen LogP contribution in [0, 0.1) is 10.1 Å². The Bertz CT molecular complexity index is 673. The van der Waals surface area contributed by atoms with Gasteiger partial charge in [-0.15, -0.1) is 0 Å². The number of hydrogen-bond donors (Lipinski definition) is 2. The minimum Gasteiger partial charge on any atom is -0.453 e. The minimum absolute atomic E-state index is 0.0773. The Labute approximate surface area is 126 Å². The zero-order chi connectivity index (χ0) is 15.9. The van der Waals surface area contributed by atoms with E-state index in [0.717, 1.165) is 5.56 Å². The molecule has 2 N–H and O–H groups in total. The summed E-state index contributed by atoms with van der Waals surface area (Å²) >= 11 is 0. The molecule has 0 aliphatic rings. The normalized spacial score (nSPS) is 9.86. The van der Waals surface area contributed by atoms with E-state index in [2.05, 4.69) is 20.4 Å². The van der Waals surface area contributed by atoms with Gasteiger partial charge in [0, 0.05) is 24.5 Å². The number of amides is 1. The second kappa shape index (κ2) is 7.02. The van der Waals surface area contributed by atoms with Crippen molar-refractivity contribution in [1.29, 1.82) is 0 Å². The van der Waals surface area contributed by atoms with Crippen LogP contribution in [0.4, 0.5) is 22.0 Å². The number of nitrogens with one attached hydrogen (secondary N) is 2. The fourth-order valence-electron chi connectivity index (χ4n) is 1.74. The molecule has 0 aliphatic carbocycles. The molecule has 0 unspecified atom stereocenters. The molecule has 0 saturated carbocycles. The van der Waals surface area contributed by atoms with Crippen LogP contribution in [0.2, 0.25) is 0 Å². The van der Waals surface area contributed by atoms with Crippen LogP contribution in [-0.2, 0) is 11.3 Å². The first-order chi connectivity index (χ1) is 10.6. The molecule has 1 aromatic heterocycles. The van der Waals surface area contributed by atoms with Gasteiger partial charge in [-0.3, -0.25) is 15.4 Å². The summed E-state index contributed by atoms with van der Waals surface area (Å²) in [6, 6.07) is 9.89. The molecule has 0 saturated heterocycles. The molecule has 1 amide bonds. The molecule has 0 fully saturated rings. The first-order valence-electron chi connectivity index (χ1n) is 6.37. The number of hydrogen-bond acceptors (Lipinski definition) is 6. The maximum Gasteiger partial charge on any atom is 0.411 e. The van der Waals surface area contributed by atoms with Gasteiger partial charge in [0.25, 0.3) is 0 Å². The summed E-state index contributed by atoms with van der Waals surface area (Å²) in [6.45, 7) is 0.371. The van der Waals surface area contributed by atoms with Crippen molar-refractivity contribution in [3.05, 3.63) is 58.3 Å². The second-order valence-electron chi connectivity index (χ2n) is 4.30. The van der Waals surface area contributed by atoms with Crippen molar-refractivity contribution >= 4 is 23.3 Å². The predicted octanol–water partition coefficient (Wildman–Crippen LogP) is 2.78. The molecule has 0 atom stereocenters. The van der Waals surface area contributed by atoms with E-state index in [0.29, 0.717) is 12.2 Å². The van der Waals surface area contributed by atoms with Crippen LogP contribution >= 0.6 is 0 Å². The summed E-state index contributed by atoms with van der Waals surface area (Å²) in [7, 11) is 1.29. The Hall–Kier alpha value is -3.16. The molecule has 1 aromatic carbocycles. The van der Waals surface area contributed by atoms with E-state index in [1.54, 1.807) is 24.3 Å². The number of methoxy groups -OCH3 is 1. The molecular weight excluding hydrogens is 288 g/mol. The van der Waals surface area contributed by atoms with E-state index >= 15 is 0 Å². The van der Waals surface area contributed by atoms with Crippen molar-refractivity contribution in [3.63, 3.8) is 0 Å². The van der Waals surface area contributed by atoms with Crippen molar-refractivity contribution in [2.75, 3.05) is 17.7 Å². The first-order valence-corrected chi connectivity index (χ1v) is 6.37. The molecular formula is C14H14N4O4. The summed E-state index contributed by atoms with van der Waals surface area (Å²) in [5.41, 5.74) is 1.40. The van der Waals surface area contributed by atoms with Crippen LogP contribution in [-0.4, -0.2) is 23.1 Å². The van der Waals surface area contributed by atoms with Gasteiger partial charge in [0.05, 0.1) is 12.0 Å². The van der Waals surface area contributed by atoms with Crippen LogP contribution in [0.5, 0.6) is 0 Å². The fraction of sp³-hybridized carbons (Fsp3) is 0.143. The van der Waals surface area contributed by atoms with Gasteiger partial charge >= 0.3 is 11.8 Å². The van der Waals surface area contributed by atoms with E-state index in [1.165, 1.54) is 25.4 Å². The van der Waals surface area contributed by atoms with E-state index in [-0.39, 0.29) is 11.5 Å². The maximum atomic E-state index is 11.1. The Morgan fingerprint density at radius 2 is 2.05 bits per heavy atom. The third-order valence-corrected chi connectivity index (χ3v) is 2.83. The molecule has 8 heteroatoms. The van der Waals surface area contributed by atoms with Crippen molar-refractivity contribution in [2.24, 2.45) is 0 Å². The number of carbonyl (C=O) groups is 1. The monoisotopic (exact) mass is 302 g/mol. The molecule has 2 aromatic rings. The van der Waals surface area contributed by atoms with Crippen LogP contribution < -0.4 is 10.6 Å². The van der Waals surface area contributed by atoms with Crippen LogP contribution in [0.25, 0.3) is 0 Å². The lowest BCUT2D eigenvalue weighted by Gasteiger charge is -2.07. The van der Waals surface area contributed by atoms with Gasteiger partial charge in [0.1, 0.15) is 0 Å². The highest BCUT2D eigenvalue weighted by molar-refractivity contribution is 5.84. The average molecular weight is 302 g/mol. The maximum absolute atomic E-state index is 11.1. The fourth-order valence-corrected chi connectivity index (χ4v) is 1.74. The van der Waals surface area contributed by atoms with E-state index in [4.69, 9.17) is 0 Å². The standard InChI is InChI=1S/C14H14N4O4/c1-22-14(19)17-11-6-4-10(5-7-11)9-16-13-12(18(20)21)3-2-8-15-13/h2-8H,9H2,1H3,(H,15,16)(H,17,19). The summed E-state index contributed by atoms with van der Waals surface area (Å²) in [4.78, 5) is 25.4. The van der Waals surface area contributed by atoms with Gasteiger partial charge in [0.2, 0.25) is 5.82 Å². The summed E-state index contributed by atoms with van der Waals surface area (Å²) in [5.74, 6) is 0.212. The van der Waals surface area contributed by atoms with Gasteiger partial charge in [-0.25, -0.2) is 9.78 Å². The lowest BCUT2D eigenvalue weighted by molar-refractivity contribution is -0.384. The summed E-state index contributed by atoms with van der Waals surface area (Å²) in [6.07, 6.45) is 0.939. The number of nitrogens with zero attached hydrogens (tertiary/aromatic N) is 2. The Kier molecular flexibility index (Phi) is 4.86. The molecule has 114 valence electrons. The second-order valence-corrected chi connectivity index (χ2v) is 4.30. The van der Waals surface area contributed by atoms with Gasteiger partial charge in [-0.1, -0.05) is 12.1 Å². The Morgan fingerprint density at radius 3 is 2.68 bits per heavy atom. The van der Waals surface area contributed by atoms with Crippen molar-refractivity contribution in [1.82, 2.24) is 4.98 Å². The van der Waals surface area contributed by atoms with Gasteiger partial charge in [-0.2, -0.15) is 0 Å². The van der Waals surface area contributed by atoms with E-state index < -0.39 is 11.0 Å². The number of anilines is 2. The number of rotatable bonds is 5. The highest BCUT2D eigenvalue weighted by Crippen LogP contribution is 2.21. The van der Waals surface area contributed by atoms with Gasteiger partial charge in [-0.05, 0) is 23.8 Å². The Balaban J connectivity index is 2.00. The summed E-state index contributed by atoms with van der Waals surface area (Å²) in [5, 5.41) is 16.3. The van der Waals surface area contributed by atoms with Gasteiger partial charge in [0.15, 0.2) is 0 Å². The lowest BCUT2D eigenvalue weighted by atomic mass is 10.2. The SMILES string of the molecule is COC(=O)Nc1ccc(CNc2ncccc2[N+](=O)[O-])cc1. The van der Waals surface area contributed by atoms with Crippen LogP contribution in [0.1, 0.15) is 5.56 Å². The average Bonchev–Trinajstić information content (AvgIpc) is 2.54. The number of pyridine rings is 1. The molecule has 0 spiro atoms. The highest BCUT2D eigenvalue weighted by atomic mass is 16.6. The number of carbonyl (C=O) groups excluding carboxylic acids is 1. The van der Waals surface area contributed by atoms with Crippen molar-refractivity contribution in [3.8, 4) is 0 Å². The third-order valence-electron chi connectivity index (χ3n) is 2.83. The van der Waals surface area contributed by atoms with E-state index in [9.17, 15) is 14.9 Å². The third kappa shape index (κ3) is 3.92. The Morgan fingerprint density at radius 1 is 1.32 bits per heavy atom. The van der Waals surface area contributed by atoms with Crippen LogP contribution in [0.3, 0.4) is 0 Å². The molecule has 8 nitrogen and oxygen atoms in total. The zero-order valence-corrected chi connectivity index (χ0v) is 11.8. The number of nitro groups is 1. The quantitative estimate of drug-likeness (QED) is 0.649. The van der Waals surface area contributed by atoms with Gasteiger partial charge < -0.3 is 10.1 Å². The highest BCUT2D eigenvalue weighted by Gasteiger charge is 2.13. The molecule has 0 aliphatic heterocycles. The molecule has 0 radical (unpaired) electrons. The summed E-state index contributed by atoms with van der Waals surface area (Å²) < 4.78 is 4.49. The van der Waals surface area contributed by atoms with Crippen LogP contribution in [0.15, 0.2) is 42.6 Å². The molecule has 0 bridgehead atoms. The smallest absolute Gasteiger partial charge is 0.411 e. The minimum atomic E-state index is -0.546. The zero-order valence-electron chi connectivity index (χ0n) is 11.8.